The number of hydrogen-bond acceptors (Lipinski definition) is 5. The van der Waals surface area contributed by atoms with Gasteiger partial charge in [0.2, 0.25) is 17.6 Å². The number of alkyl halides is 3. The molecule has 1 N–H and O–H groups in total. The van der Waals surface area contributed by atoms with Crippen molar-refractivity contribution in [2.75, 3.05) is 32.5 Å². The number of anilines is 1. The highest BCUT2D eigenvalue weighted by Crippen LogP contribution is 2.52. The van der Waals surface area contributed by atoms with Crippen LogP contribution in [0.1, 0.15) is 43.5 Å². The molecule has 0 atom stereocenters. The Bertz CT molecular complexity index is 1030. The molecule has 1 saturated heterocycles. The van der Waals surface area contributed by atoms with Gasteiger partial charge in [-0.3, -0.25) is 14.5 Å². The van der Waals surface area contributed by atoms with Crippen molar-refractivity contribution in [1.29, 1.82) is 0 Å². The summed E-state index contributed by atoms with van der Waals surface area (Å²) in [5, 5.41) is 2.48. The number of aromatic nitrogens is 2. The zero-order chi connectivity index (χ0) is 24.6. The van der Waals surface area contributed by atoms with Gasteiger partial charge in [-0.2, -0.15) is 13.2 Å². The van der Waals surface area contributed by atoms with Crippen LogP contribution in [0.5, 0.6) is 0 Å². The van der Waals surface area contributed by atoms with Crippen LogP contribution in [0.4, 0.5) is 18.9 Å². The van der Waals surface area contributed by atoms with Gasteiger partial charge in [0.15, 0.2) is 0 Å². The summed E-state index contributed by atoms with van der Waals surface area (Å²) in [6, 6.07) is 10.4. The Kier molecular flexibility index (Phi) is 6.37. The molecule has 7 nitrogen and oxygen atoms in total. The smallest absolute Gasteiger partial charge is 0.333 e. The van der Waals surface area contributed by atoms with Crippen molar-refractivity contribution in [3.05, 3.63) is 54.1 Å². The molecule has 1 aliphatic heterocycles. The predicted molar refractivity (Wildman–Crippen MR) is 120 cm³/mol. The third kappa shape index (κ3) is 4.77. The number of carbonyl (C=O) groups excluding carboxylic acids is 2. The number of carbonyl (C=O) groups is 2. The van der Waals surface area contributed by atoms with Crippen molar-refractivity contribution in [2.24, 2.45) is 5.41 Å². The molecular weight excluding hydrogens is 447 g/mol. The lowest BCUT2D eigenvalue weighted by Crippen LogP contribution is -2.47. The molecule has 2 aromatic rings. The maximum Gasteiger partial charge on any atom is 0.451 e. The van der Waals surface area contributed by atoms with E-state index in [1.165, 1.54) is 5.56 Å². The molecule has 1 aromatic carbocycles. The zero-order valence-corrected chi connectivity index (χ0v) is 19.2. The molecule has 0 unspecified atom stereocenters. The average molecular weight is 476 g/mol. The zero-order valence-electron chi connectivity index (χ0n) is 19.2. The maximum absolute atomic E-state index is 12.7. The van der Waals surface area contributed by atoms with Crippen LogP contribution in [0.25, 0.3) is 0 Å². The third-order valence-electron chi connectivity index (χ3n) is 7.23. The number of rotatable bonds is 5. The maximum atomic E-state index is 12.7. The number of nitrogens with zero attached hydrogens (tertiary/aromatic N) is 4. The second-order valence-electron chi connectivity index (χ2n) is 9.56. The van der Waals surface area contributed by atoms with Gasteiger partial charge in [0.1, 0.15) is 0 Å². The Hall–Kier alpha value is -3.01. The van der Waals surface area contributed by atoms with Crippen molar-refractivity contribution >= 4 is 17.5 Å². The van der Waals surface area contributed by atoms with Crippen LogP contribution in [0.15, 0.2) is 42.7 Å². The molecule has 182 valence electrons. The van der Waals surface area contributed by atoms with E-state index >= 15 is 0 Å². The first-order chi connectivity index (χ1) is 16.0. The molecule has 4 rings (SSSR count). The second-order valence-corrected chi connectivity index (χ2v) is 9.56. The molecule has 10 heteroatoms. The van der Waals surface area contributed by atoms with E-state index in [0.717, 1.165) is 38.1 Å². The molecule has 34 heavy (non-hydrogen) atoms. The third-order valence-corrected chi connectivity index (χ3v) is 7.23. The summed E-state index contributed by atoms with van der Waals surface area (Å²) in [7, 11) is 4.18. The Morgan fingerprint density at radius 1 is 1.09 bits per heavy atom. The van der Waals surface area contributed by atoms with Gasteiger partial charge in [0.05, 0.1) is 24.6 Å². The summed E-state index contributed by atoms with van der Waals surface area (Å²) in [4.78, 5) is 35.5. The topological polar surface area (TPSA) is 78.4 Å². The van der Waals surface area contributed by atoms with Gasteiger partial charge in [-0.25, -0.2) is 9.97 Å². The molecule has 2 fully saturated rings. The van der Waals surface area contributed by atoms with Gasteiger partial charge in [-0.15, -0.1) is 0 Å². The van der Waals surface area contributed by atoms with E-state index in [0.29, 0.717) is 13.0 Å². The van der Waals surface area contributed by atoms with Crippen molar-refractivity contribution in [2.45, 2.75) is 43.8 Å². The minimum atomic E-state index is -4.65. The van der Waals surface area contributed by atoms with Gasteiger partial charge in [-0.1, -0.05) is 30.3 Å². The lowest BCUT2D eigenvalue weighted by molar-refractivity contribution is -0.145. The molecule has 1 saturated carbocycles. The number of likely N-dealkylation sites (tertiary alicyclic amines) is 1. The summed E-state index contributed by atoms with van der Waals surface area (Å²) in [5.74, 6) is -1.84. The first-order valence-electron chi connectivity index (χ1n) is 11.2. The molecule has 2 heterocycles. The molecular formula is C24H28F3N5O2. The summed E-state index contributed by atoms with van der Waals surface area (Å²) in [6.07, 6.45) is 1.15. The average Bonchev–Trinajstić information content (AvgIpc) is 3.09. The highest BCUT2D eigenvalue weighted by Gasteiger charge is 2.50. The number of hydrogen-bond donors (Lipinski definition) is 1. The van der Waals surface area contributed by atoms with Gasteiger partial charge < -0.3 is 10.2 Å². The molecule has 0 bridgehead atoms. The second kappa shape index (κ2) is 8.98. The van der Waals surface area contributed by atoms with Crippen LogP contribution >= 0.6 is 0 Å². The van der Waals surface area contributed by atoms with Crippen molar-refractivity contribution in [1.82, 2.24) is 19.8 Å². The molecule has 0 radical (unpaired) electrons. The molecule has 2 amide bonds. The van der Waals surface area contributed by atoms with E-state index in [1.807, 2.05) is 18.2 Å². The van der Waals surface area contributed by atoms with Gasteiger partial charge in [0, 0.05) is 18.5 Å². The SMILES string of the molecule is CN(C)[C@]1(c2ccccc2)CC[C@@]2(CC1)CC(=O)N(CC(=O)Nc1cnc(C(F)(F)F)nc1)C2. The highest BCUT2D eigenvalue weighted by molar-refractivity contribution is 5.94. The van der Waals surface area contributed by atoms with E-state index < -0.39 is 17.9 Å². The quantitative estimate of drug-likeness (QED) is 0.714. The largest absolute Gasteiger partial charge is 0.451 e. The van der Waals surface area contributed by atoms with Gasteiger partial charge in [0.25, 0.3) is 0 Å². The van der Waals surface area contributed by atoms with E-state index in [1.54, 1.807) is 4.90 Å². The van der Waals surface area contributed by atoms with Crippen LogP contribution < -0.4 is 5.32 Å². The van der Waals surface area contributed by atoms with Crippen molar-refractivity contribution in [3.63, 3.8) is 0 Å². The number of nitrogens with one attached hydrogen (secondary N) is 1. The standard InChI is InChI=1S/C24H28F3N5O2/c1-31(2)23(17-6-4-3-5-7-17)10-8-22(9-11-23)12-20(34)32(16-22)15-19(33)30-18-13-28-21(29-14-18)24(25,26)27/h3-7,13-14H,8-12,15-16H2,1-2H3,(H,30,33)/t22-,23-. The minimum Gasteiger partial charge on any atom is -0.333 e. The van der Waals surface area contributed by atoms with Crippen molar-refractivity contribution < 1.29 is 22.8 Å². The summed E-state index contributed by atoms with van der Waals surface area (Å²) in [5.41, 5.74) is 1.08. The van der Waals surface area contributed by atoms with Crippen LogP contribution in [0, 0.1) is 5.41 Å². The summed E-state index contributed by atoms with van der Waals surface area (Å²) in [6.45, 7) is 0.347. The molecule has 1 spiro atoms. The molecule has 1 aliphatic carbocycles. The lowest BCUT2D eigenvalue weighted by atomic mass is 9.64. The highest BCUT2D eigenvalue weighted by atomic mass is 19.4. The summed E-state index contributed by atoms with van der Waals surface area (Å²) >= 11 is 0. The van der Waals surface area contributed by atoms with E-state index in [9.17, 15) is 22.8 Å². The van der Waals surface area contributed by atoms with Gasteiger partial charge >= 0.3 is 6.18 Å². The number of benzene rings is 1. The van der Waals surface area contributed by atoms with Crippen LogP contribution in [0.3, 0.4) is 0 Å². The van der Waals surface area contributed by atoms with E-state index in [4.69, 9.17) is 0 Å². The van der Waals surface area contributed by atoms with Crippen LogP contribution in [0.2, 0.25) is 0 Å². The van der Waals surface area contributed by atoms with E-state index in [-0.39, 0.29) is 29.1 Å². The Balaban J connectivity index is 1.37. The van der Waals surface area contributed by atoms with Crippen LogP contribution in [-0.2, 0) is 21.3 Å². The Labute approximate surface area is 196 Å². The Morgan fingerprint density at radius 3 is 2.26 bits per heavy atom. The Morgan fingerprint density at radius 2 is 1.71 bits per heavy atom. The van der Waals surface area contributed by atoms with Gasteiger partial charge in [-0.05, 0) is 50.8 Å². The predicted octanol–water partition coefficient (Wildman–Crippen LogP) is 3.68. The summed E-state index contributed by atoms with van der Waals surface area (Å²) < 4.78 is 37.8. The number of halogens is 3. The van der Waals surface area contributed by atoms with Crippen LogP contribution in [-0.4, -0.2) is 58.8 Å². The van der Waals surface area contributed by atoms with Crippen molar-refractivity contribution in [3.8, 4) is 0 Å². The fraction of sp³-hybridized carbons (Fsp3) is 0.500. The number of amides is 2. The molecule has 1 aromatic heterocycles. The molecule has 2 aliphatic rings. The normalized spacial score (nSPS) is 25.2. The minimum absolute atomic E-state index is 0.0515. The van der Waals surface area contributed by atoms with E-state index in [2.05, 4.69) is 46.4 Å². The first kappa shape index (κ1) is 24.1. The monoisotopic (exact) mass is 475 g/mol. The first-order valence-corrected chi connectivity index (χ1v) is 11.2. The fourth-order valence-corrected chi connectivity index (χ4v) is 5.31. The fourth-order valence-electron chi connectivity index (χ4n) is 5.31. The lowest BCUT2D eigenvalue weighted by Gasteiger charge is -2.48.